The lowest BCUT2D eigenvalue weighted by atomic mass is 9.48. The summed E-state index contributed by atoms with van der Waals surface area (Å²) < 4.78 is 6.59. The Morgan fingerprint density at radius 2 is 1.05 bits per heavy atom. The summed E-state index contributed by atoms with van der Waals surface area (Å²) in [6, 6.07) is 0. The van der Waals surface area contributed by atoms with E-state index in [1.807, 2.05) is 0 Å². The molecule has 0 heterocycles. The first-order chi connectivity index (χ1) is 8.40. The topological polar surface area (TPSA) is 9.23 Å². The van der Waals surface area contributed by atoms with Crippen LogP contribution in [0, 0.1) is 22.2 Å². The van der Waals surface area contributed by atoms with E-state index in [1.54, 1.807) is 0 Å². The Morgan fingerprint density at radius 3 is 1.30 bits per heavy atom. The summed E-state index contributed by atoms with van der Waals surface area (Å²) in [5.41, 5.74) is 0.356. The van der Waals surface area contributed by atoms with Crippen LogP contribution in [0.25, 0.3) is 0 Å². The van der Waals surface area contributed by atoms with Crippen LogP contribution in [0.1, 0.15) is 69.2 Å². The Hall–Kier alpha value is 0.177. The maximum absolute atomic E-state index is 6.59. The summed E-state index contributed by atoms with van der Waals surface area (Å²) in [4.78, 5) is 0. The summed E-state index contributed by atoms with van der Waals surface area (Å²) in [5, 5.41) is 0. The molecular formula is C18H40OSi. The third kappa shape index (κ3) is 3.49. The third-order valence-electron chi connectivity index (χ3n) is 6.68. The first-order valence-electron chi connectivity index (χ1n) is 8.10. The molecule has 0 unspecified atom stereocenters. The summed E-state index contributed by atoms with van der Waals surface area (Å²) in [6.07, 6.45) is 0. The second-order valence-corrected chi connectivity index (χ2v) is 14.3. The van der Waals surface area contributed by atoms with E-state index in [0.29, 0.717) is 5.92 Å². The van der Waals surface area contributed by atoms with Gasteiger partial charge in [-0.25, -0.2) is 0 Å². The summed E-state index contributed by atoms with van der Waals surface area (Å²) in [6.45, 7) is 30.5. The van der Waals surface area contributed by atoms with Crippen molar-refractivity contribution in [1.82, 2.24) is 0 Å². The van der Waals surface area contributed by atoms with Crippen molar-refractivity contribution in [2.24, 2.45) is 22.2 Å². The highest BCUT2D eigenvalue weighted by atomic mass is 28.4. The average Bonchev–Trinajstić information content (AvgIpc) is 2.12. The van der Waals surface area contributed by atoms with Crippen molar-refractivity contribution in [1.29, 1.82) is 0 Å². The summed E-state index contributed by atoms with van der Waals surface area (Å²) in [5.74, 6) is 0.638. The average molecular weight is 301 g/mol. The van der Waals surface area contributed by atoms with Crippen LogP contribution in [0.5, 0.6) is 0 Å². The Morgan fingerprint density at radius 1 is 0.700 bits per heavy atom. The zero-order chi connectivity index (χ0) is 16.8. The zero-order valence-corrected chi connectivity index (χ0v) is 17.5. The predicted octanol–water partition coefficient (Wildman–Crippen LogP) is 6.35. The Balaban J connectivity index is 5.72. The van der Waals surface area contributed by atoms with E-state index in [2.05, 4.69) is 88.9 Å². The van der Waals surface area contributed by atoms with E-state index in [0.717, 1.165) is 0 Å². The van der Waals surface area contributed by atoms with Crippen LogP contribution in [0.15, 0.2) is 0 Å². The molecule has 0 saturated heterocycles. The molecule has 0 radical (unpaired) electrons. The maximum atomic E-state index is 6.59. The normalized spacial score (nSPS) is 15.9. The van der Waals surface area contributed by atoms with E-state index >= 15 is 0 Å². The van der Waals surface area contributed by atoms with Crippen molar-refractivity contribution in [2.75, 3.05) is 0 Å². The fourth-order valence-corrected chi connectivity index (χ4v) is 4.96. The van der Waals surface area contributed by atoms with Gasteiger partial charge in [0.1, 0.15) is 0 Å². The van der Waals surface area contributed by atoms with E-state index in [-0.39, 0.29) is 21.8 Å². The van der Waals surface area contributed by atoms with Gasteiger partial charge in [0.2, 0.25) is 0 Å². The first kappa shape index (κ1) is 20.2. The van der Waals surface area contributed by atoms with Crippen molar-refractivity contribution in [3.63, 3.8) is 0 Å². The monoisotopic (exact) mass is 300 g/mol. The molecule has 0 rings (SSSR count). The lowest BCUT2D eigenvalue weighted by molar-refractivity contribution is -0.146. The van der Waals surface area contributed by atoms with E-state index in [1.165, 1.54) is 0 Å². The van der Waals surface area contributed by atoms with Crippen molar-refractivity contribution in [3.8, 4) is 0 Å². The van der Waals surface area contributed by atoms with Gasteiger partial charge in [0.25, 0.3) is 0 Å². The number of hydrogen-bond donors (Lipinski definition) is 0. The molecule has 0 aromatic carbocycles. The minimum atomic E-state index is -1.57. The van der Waals surface area contributed by atoms with Crippen LogP contribution in [-0.2, 0) is 4.43 Å². The van der Waals surface area contributed by atoms with Gasteiger partial charge in [0.05, 0.1) is 5.60 Å². The number of hydrogen-bond acceptors (Lipinski definition) is 1. The van der Waals surface area contributed by atoms with Crippen LogP contribution in [-0.4, -0.2) is 13.9 Å². The zero-order valence-electron chi connectivity index (χ0n) is 16.5. The highest BCUT2D eigenvalue weighted by molar-refractivity contribution is 6.69. The summed E-state index contributed by atoms with van der Waals surface area (Å²) >= 11 is 0. The van der Waals surface area contributed by atoms with Gasteiger partial charge < -0.3 is 4.43 Å². The van der Waals surface area contributed by atoms with E-state index in [9.17, 15) is 0 Å². The Labute approximate surface area is 130 Å². The first-order valence-corrected chi connectivity index (χ1v) is 11.5. The molecule has 1 nitrogen and oxygen atoms in total. The molecule has 0 N–H and O–H groups in total. The SMILES string of the molecule is CC(C)C(C)(C)C(C)(C)C(C)(C)C(C)(C)O[Si](C)(C)C. The van der Waals surface area contributed by atoms with E-state index in [4.69, 9.17) is 4.43 Å². The van der Waals surface area contributed by atoms with Gasteiger partial charge in [-0.1, -0.05) is 55.4 Å². The van der Waals surface area contributed by atoms with Gasteiger partial charge in [-0.15, -0.1) is 0 Å². The molecule has 0 amide bonds. The predicted molar refractivity (Wildman–Crippen MR) is 94.7 cm³/mol. The molecule has 2 heteroatoms. The highest BCUT2D eigenvalue weighted by Gasteiger charge is 2.56. The molecule has 0 spiro atoms. The molecule has 0 fully saturated rings. The lowest BCUT2D eigenvalue weighted by Gasteiger charge is -2.60. The molecule has 0 aromatic heterocycles. The van der Waals surface area contributed by atoms with Gasteiger partial charge in [-0.05, 0) is 55.7 Å². The second kappa shape index (κ2) is 5.42. The Bertz CT molecular complexity index is 330. The summed E-state index contributed by atoms with van der Waals surface area (Å²) in [7, 11) is -1.57. The lowest BCUT2D eigenvalue weighted by Crippen LogP contribution is -2.59. The fraction of sp³-hybridized carbons (Fsp3) is 1.00. The molecule has 0 bridgehead atoms. The quantitative estimate of drug-likeness (QED) is 0.519. The van der Waals surface area contributed by atoms with Gasteiger partial charge in [-0.2, -0.15) is 0 Å². The molecule has 0 aliphatic heterocycles. The molecule has 0 aliphatic carbocycles. The van der Waals surface area contributed by atoms with Crippen LogP contribution >= 0.6 is 0 Å². The van der Waals surface area contributed by atoms with Crippen molar-refractivity contribution in [2.45, 2.75) is 94.5 Å². The van der Waals surface area contributed by atoms with Gasteiger partial charge in [-0.3, -0.25) is 0 Å². The van der Waals surface area contributed by atoms with Gasteiger partial charge in [0, 0.05) is 0 Å². The molecular weight excluding hydrogens is 260 g/mol. The standard InChI is InChI=1S/C18H40OSi/c1-14(2)15(3,4)16(5,6)17(7,8)18(9,10)19-20(11,12)13/h14H,1-13H3. The minimum Gasteiger partial charge on any atom is -0.412 e. The molecule has 122 valence electrons. The second-order valence-electron chi connectivity index (χ2n) is 9.85. The van der Waals surface area contributed by atoms with Crippen LogP contribution in [0.2, 0.25) is 19.6 Å². The highest BCUT2D eigenvalue weighted by Crippen LogP contribution is 2.59. The fourth-order valence-electron chi connectivity index (χ4n) is 3.17. The largest absolute Gasteiger partial charge is 0.412 e. The minimum absolute atomic E-state index is 0.0774. The number of rotatable bonds is 6. The molecule has 0 saturated carbocycles. The maximum Gasteiger partial charge on any atom is 0.184 e. The van der Waals surface area contributed by atoms with Crippen LogP contribution < -0.4 is 0 Å². The van der Waals surface area contributed by atoms with Crippen molar-refractivity contribution >= 4 is 8.32 Å². The molecule has 0 atom stereocenters. The van der Waals surface area contributed by atoms with Crippen molar-refractivity contribution < 1.29 is 4.43 Å². The van der Waals surface area contributed by atoms with Gasteiger partial charge >= 0.3 is 0 Å². The smallest absolute Gasteiger partial charge is 0.184 e. The van der Waals surface area contributed by atoms with Gasteiger partial charge in [0.15, 0.2) is 8.32 Å². The van der Waals surface area contributed by atoms with Crippen LogP contribution in [0.3, 0.4) is 0 Å². The molecule has 0 aliphatic rings. The van der Waals surface area contributed by atoms with E-state index < -0.39 is 8.32 Å². The van der Waals surface area contributed by atoms with Crippen LogP contribution in [0.4, 0.5) is 0 Å². The molecule has 20 heavy (non-hydrogen) atoms. The van der Waals surface area contributed by atoms with Crippen molar-refractivity contribution in [3.05, 3.63) is 0 Å². The molecule has 0 aromatic rings. The third-order valence-corrected chi connectivity index (χ3v) is 7.81. The Kier molecular flexibility index (Phi) is 5.47.